The lowest BCUT2D eigenvalue weighted by Crippen LogP contribution is -2.24. The van der Waals surface area contributed by atoms with Crippen molar-refractivity contribution in [3.8, 4) is 0 Å². The van der Waals surface area contributed by atoms with E-state index in [1.807, 2.05) is 0 Å². The average Bonchev–Trinajstić information content (AvgIpc) is 2.39. The standard InChI is InChI=1S/C14H13NO4S/c1-20(18,19)15(12-5-3-2-4-6-12)13-9-7-11(8-10-13)14(16)17/h2-10H,1H3,(H,16,17). The molecule has 0 aliphatic carbocycles. The van der Waals surface area contributed by atoms with Crippen LogP contribution in [0.5, 0.6) is 0 Å². The molecule has 0 saturated carbocycles. The van der Waals surface area contributed by atoms with Gasteiger partial charge in [0, 0.05) is 0 Å². The maximum Gasteiger partial charge on any atom is 0.335 e. The normalized spacial score (nSPS) is 11.1. The number of hydrogen-bond acceptors (Lipinski definition) is 3. The van der Waals surface area contributed by atoms with Crippen molar-refractivity contribution in [1.29, 1.82) is 0 Å². The summed E-state index contributed by atoms with van der Waals surface area (Å²) in [5.41, 5.74) is 0.997. The van der Waals surface area contributed by atoms with Crippen molar-refractivity contribution < 1.29 is 18.3 Å². The predicted molar refractivity (Wildman–Crippen MR) is 76.8 cm³/mol. The average molecular weight is 291 g/mol. The Morgan fingerprint density at radius 3 is 1.90 bits per heavy atom. The first-order valence-electron chi connectivity index (χ1n) is 5.78. The van der Waals surface area contributed by atoms with E-state index in [0.29, 0.717) is 11.4 Å². The molecule has 0 saturated heterocycles. The Morgan fingerprint density at radius 1 is 0.950 bits per heavy atom. The molecule has 2 aromatic rings. The smallest absolute Gasteiger partial charge is 0.335 e. The Labute approximate surface area is 117 Å². The van der Waals surface area contributed by atoms with Gasteiger partial charge in [0.1, 0.15) is 0 Å². The van der Waals surface area contributed by atoms with Gasteiger partial charge in [0.25, 0.3) is 0 Å². The van der Waals surface area contributed by atoms with Crippen LogP contribution in [0.4, 0.5) is 11.4 Å². The fourth-order valence-corrected chi connectivity index (χ4v) is 2.84. The molecule has 0 atom stereocenters. The summed E-state index contributed by atoms with van der Waals surface area (Å²) < 4.78 is 25.1. The molecule has 0 radical (unpaired) electrons. The molecule has 20 heavy (non-hydrogen) atoms. The second-order valence-corrected chi connectivity index (χ2v) is 6.05. The van der Waals surface area contributed by atoms with Crippen molar-refractivity contribution >= 4 is 27.4 Å². The lowest BCUT2D eigenvalue weighted by atomic mass is 10.2. The number of aromatic carboxylic acids is 1. The molecule has 1 N–H and O–H groups in total. The van der Waals surface area contributed by atoms with Crippen LogP contribution < -0.4 is 4.31 Å². The van der Waals surface area contributed by atoms with Gasteiger partial charge < -0.3 is 5.11 Å². The number of carboxylic acids is 1. The molecule has 6 heteroatoms. The van der Waals surface area contributed by atoms with E-state index in [0.717, 1.165) is 6.26 Å². The molecule has 0 amide bonds. The van der Waals surface area contributed by atoms with Gasteiger partial charge >= 0.3 is 5.97 Å². The summed E-state index contributed by atoms with van der Waals surface area (Å²) in [6, 6.07) is 14.3. The van der Waals surface area contributed by atoms with Crippen LogP contribution in [-0.4, -0.2) is 25.7 Å². The maximum absolute atomic E-state index is 12.0. The summed E-state index contributed by atoms with van der Waals surface area (Å²) in [7, 11) is -3.52. The minimum absolute atomic E-state index is 0.107. The Kier molecular flexibility index (Phi) is 3.76. The van der Waals surface area contributed by atoms with E-state index in [1.165, 1.54) is 28.6 Å². The number of anilines is 2. The van der Waals surface area contributed by atoms with Gasteiger partial charge in [-0.2, -0.15) is 0 Å². The molecule has 0 spiro atoms. The Balaban J connectivity index is 2.51. The highest BCUT2D eigenvalue weighted by Crippen LogP contribution is 2.28. The van der Waals surface area contributed by atoms with Gasteiger partial charge in [0.15, 0.2) is 0 Å². The van der Waals surface area contributed by atoms with Crippen LogP contribution in [0.1, 0.15) is 10.4 Å². The number of hydrogen-bond donors (Lipinski definition) is 1. The number of carbonyl (C=O) groups is 1. The fraction of sp³-hybridized carbons (Fsp3) is 0.0714. The third-order valence-corrected chi connectivity index (χ3v) is 3.76. The molecule has 2 aromatic carbocycles. The van der Waals surface area contributed by atoms with Gasteiger partial charge in [-0.1, -0.05) is 18.2 Å². The first-order chi connectivity index (χ1) is 9.39. The van der Waals surface area contributed by atoms with Gasteiger partial charge in [0.05, 0.1) is 23.2 Å². The zero-order chi connectivity index (χ0) is 14.8. The molecule has 0 aromatic heterocycles. The number of sulfonamides is 1. The van der Waals surface area contributed by atoms with Crippen LogP contribution in [0.25, 0.3) is 0 Å². The number of para-hydroxylation sites is 1. The SMILES string of the molecule is CS(=O)(=O)N(c1ccccc1)c1ccc(C(=O)O)cc1. The molecule has 0 unspecified atom stereocenters. The van der Waals surface area contributed by atoms with Crippen LogP contribution in [0, 0.1) is 0 Å². The number of carboxylic acid groups (broad SMARTS) is 1. The number of benzene rings is 2. The van der Waals surface area contributed by atoms with Crippen LogP contribution in [0.2, 0.25) is 0 Å². The zero-order valence-corrected chi connectivity index (χ0v) is 11.5. The first-order valence-corrected chi connectivity index (χ1v) is 7.63. The van der Waals surface area contributed by atoms with E-state index < -0.39 is 16.0 Å². The predicted octanol–water partition coefficient (Wildman–Crippen LogP) is 2.48. The molecule has 104 valence electrons. The number of nitrogens with zero attached hydrogens (tertiary/aromatic N) is 1. The van der Waals surface area contributed by atoms with Crippen LogP contribution in [0.15, 0.2) is 54.6 Å². The summed E-state index contributed by atoms with van der Waals surface area (Å²) in [6.07, 6.45) is 1.10. The van der Waals surface area contributed by atoms with Crippen molar-refractivity contribution in [3.05, 3.63) is 60.2 Å². The quantitative estimate of drug-likeness (QED) is 0.939. The summed E-state index contributed by atoms with van der Waals surface area (Å²) >= 11 is 0. The van der Waals surface area contributed by atoms with Crippen molar-refractivity contribution in [1.82, 2.24) is 0 Å². The van der Waals surface area contributed by atoms with E-state index in [9.17, 15) is 13.2 Å². The van der Waals surface area contributed by atoms with Gasteiger partial charge in [-0.3, -0.25) is 0 Å². The van der Waals surface area contributed by atoms with Crippen LogP contribution >= 0.6 is 0 Å². The van der Waals surface area contributed by atoms with Crippen molar-refractivity contribution in [3.63, 3.8) is 0 Å². The molecule has 0 heterocycles. The summed E-state index contributed by atoms with van der Waals surface area (Å²) in [6.45, 7) is 0. The largest absolute Gasteiger partial charge is 0.478 e. The third-order valence-electron chi connectivity index (χ3n) is 2.67. The van der Waals surface area contributed by atoms with Crippen molar-refractivity contribution in [2.75, 3.05) is 10.6 Å². The molecule has 5 nitrogen and oxygen atoms in total. The van der Waals surface area contributed by atoms with E-state index in [1.54, 1.807) is 30.3 Å². The highest BCUT2D eigenvalue weighted by molar-refractivity contribution is 7.92. The fourth-order valence-electron chi connectivity index (χ4n) is 1.83. The van der Waals surface area contributed by atoms with E-state index in [2.05, 4.69) is 0 Å². The van der Waals surface area contributed by atoms with Crippen molar-refractivity contribution in [2.45, 2.75) is 0 Å². The highest BCUT2D eigenvalue weighted by Gasteiger charge is 2.19. The molecule has 2 rings (SSSR count). The van der Waals surface area contributed by atoms with Gasteiger partial charge in [-0.05, 0) is 36.4 Å². The Hall–Kier alpha value is -2.34. The molecule has 0 fully saturated rings. The molecule has 0 aliphatic heterocycles. The summed E-state index contributed by atoms with van der Waals surface area (Å²) in [4.78, 5) is 10.8. The molecular formula is C14H13NO4S. The van der Waals surface area contributed by atoms with Crippen molar-refractivity contribution in [2.24, 2.45) is 0 Å². The minimum Gasteiger partial charge on any atom is -0.478 e. The van der Waals surface area contributed by atoms with E-state index >= 15 is 0 Å². The third kappa shape index (κ3) is 2.97. The number of rotatable bonds is 4. The first kappa shape index (κ1) is 14.1. The minimum atomic E-state index is -3.52. The zero-order valence-electron chi connectivity index (χ0n) is 10.7. The molecule has 0 bridgehead atoms. The van der Waals surface area contributed by atoms with Crippen LogP contribution in [-0.2, 0) is 10.0 Å². The lowest BCUT2D eigenvalue weighted by Gasteiger charge is -2.22. The summed E-state index contributed by atoms with van der Waals surface area (Å²) in [5, 5.41) is 8.86. The topological polar surface area (TPSA) is 74.7 Å². The second-order valence-electron chi connectivity index (χ2n) is 4.21. The lowest BCUT2D eigenvalue weighted by molar-refractivity contribution is 0.0697. The van der Waals surface area contributed by atoms with Gasteiger partial charge in [0.2, 0.25) is 10.0 Å². The summed E-state index contributed by atoms with van der Waals surface area (Å²) in [5.74, 6) is -1.05. The van der Waals surface area contributed by atoms with E-state index in [-0.39, 0.29) is 5.56 Å². The monoisotopic (exact) mass is 291 g/mol. The van der Waals surface area contributed by atoms with Gasteiger partial charge in [-0.15, -0.1) is 0 Å². The maximum atomic E-state index is 12.0. The molecular weight excluding hydrogens is 278 g/mol. The van der Waals surface area contributed by atoms with E-state index in [4.69, 9.17) is 5.11 Å². The Bertz CT molecular complexity index is 709. The van der Waals surface area contributed by atoms with Gasteiger partial charge in [-0.25, -0.2) is 17.5 Å². The highest BCUT2D eigenvalue weighted by atomic mass is 32.2. The Morgan fingerprint density at radius 2 is 1.45 bits per heavy atom. The molecule has 0 aliphatic rings. The second kappa shape index (κ2) is 5.34. The van der Waals surface area contributed by atoms with Crippen LogP contribution in [0.3, 0.4) is 0 Å².